The molecule has 0 fully saturated rings. The maximum atomic E-state index is 13.0. The third-order valence-electron chi connectivity index (χ3n) is 5.45. The zero-order valence-corrected chi connectivity index (χ0v) is 20.9. The summed E-state index contributed by atoms with van der Waals surface area (Å²) in [6.07, 6.45) is 1.35. The number of benzene rings is 1. The van der Waals surface area contributed by atoms with Gasteiger partial charge in [0.2, 0.25) is 15.9 Å². The minimum Gasteiger partial charge on any atom is -0.370 e. The Balaban J connectivity index is 1.96. The van der Waals surface area contributed by atoms with Crippen LogP contribution in [0.4, 0.5) is 11.4 Å². The van der Waals surface area contributed by atoms with Gasteiger partial charge in [-0.2, -0.15) is 4.31 Å². The molecule has 3 aromatic rings. The van der Waals surface area contributed by atoms with Gasteiger partial charge in [0, 0.05) is 26.2 Å². The van der Waals surface area contributed by atoms with E-state index in [1.807, 2.05) is 18.7 Å². The Bertz CT molecular complexity index is 1290. The Labute approximate surface area is 197 Å². The number of sulfonamides is 1. The number of anilines is 2. The molecule has 1 amide bonds. The van der Waals surface area contributed by atoms with Crippen molar-refractivity contribution in [2.75, 3.05) is 36.4 Å². The summed E-state index contributed by atoms with van der Waals surface area (Å²) in [5.41, 5.74) is 0.804. The molecule has 178 valence electrons. The zero-order valence-electron chi connectivity index (χ0n) is 19.2. The summed E-state index contributed by atoms with van der Waals surface area (Å²) < 4.78 is 28.7. The molecule has 0 bridgehead atoms. The number of fused-ring (bicyclic) bond motifs is 1. The van der Waals surface area contributed by atoms with Crippen LogP contribution in [0.2, 0.25) is 0 Å². The maximum Gasteiger partial charge on any atom is 0.262 e. The SMILES string of the molecule is CCN(CC)c1ccc(S(=O)(=O)N(CC)CC)cc1NC(=O)Cn1cnc2sccc2c1=O. The average Bonchev–Trinajstić information content (AvgIpc) is 3.27. The van der Waals surface area contributed by atoms with Crippen molar-refractivity contribution in [3.63, 3.8) is 0 Å². The molecule has 0 spiro atoms. The number of aromatic nitrogens is 2. The summed E-state index contributed by atoms with van der Waals surface area (Å²) >= 11 is 1.36. The van der Waals surface area contributed by atoms with E-state index in [-0.39, 0.29) is 17.0 Å². The van der Waals surface area contributed by atoms with E-state index in [1.54, 1.807) is 37.4 Å². The minimum atomic E-state index is -3.70. The van der Waals surface area contributed by atoms with Crippen LogP contribution in [0, 0.1) is 0 Å². The van der Waals surface area contributed by atoms with E-state index in [2.05, 4.69) is 10.3 Å². The Morgan fingerprint density at radius 1 is 1.09 bits per heavy atom. The van der Waals surface area contributed by atoms with Gasteiger partial charge in [0.15, 0.2) is 0 Å². The second-order valence-electron chi connectivity index (χ2n) is 7.31. The van der Waals surface area contributed by atoms with Gasteiger partial charge in [-0.05, 0) is 43.5 Å². The number of nitrogens with zero attached hydrogens (tertiary/aromatic N) is 4. The lowest BCUT2D eigenvalue weighted by Gasteiger charge is -2.26. The number of amides is 1. The topological polar surface area (TPSA) is 105 Å². The highest BCUT2D eigenvalue weighted by Gasteiger charge is 2.24. The maximum absolute atomic E-state index is 13.0. The zero-order chi connectivity index (χ0) is 24.2. The molecule has 0 aliphatic rings. The molecular formula is C22H29N5O4S2. The summed E-state index contributed by atoms with van der Waals surface area (Å²) in [5.74, 6) is -0.445. The van der Waals surface area contributed by atoms with Crippen LogP contribution in [0.15, 0.2) is 45.7 Å². The Hall–Kier alpha value is -2.76. The molecule has 0 unspecified atom stereocenters. The predicted molar refractivity (Wildman–Crippen MR) is 133 cm³/mol. The largest absolute Gasteiger partial charge is 0.370 e. The molecule has 1 N–H and O–H groups in total. The highest BCUT2D eigenvalue weighted by Crippen LogP contribution is 2.30. The van der Waals surface area contributed by atoms with Crippen molar-refractivity contribution < 1.29 is 13.2 Å². The van der Waals surface area contributed by atoms with Crippen molar-refractivity contribution in [1.82, 2.24) is 13.9 Å². The van der Waals surface area contributed by atoms with E-state index in [1.165, 1.54) is 32.6 Å². The summed E-state index contributed by atoms with van der Waals surface area (Å²) in [6.45, 7) is 9.35. The van der Waals surface area contributed by atoms with E-state index >= 15 is 0 Å². The van der Waals surface area contributed by atoms with Crippen LogP contribution in [0.25, 0.3) is 10.2 Å². The third kappa shape index (κ3) is 5.10. The number of nitrogens with one attached hydrogen (secondary N) is 1. The van der Waals surface area contributed by atoms with Gasteiger partial charge in [0.25, 0.3) is 5.56 Å². The molecule has 3 rings (SSSR count). The van der Waals surface area contributed by atoms with E-state index in [0.717, 1.165) is 0 Å². The molecule has 0 aliphatic heterocycles. The smallest absolute Gasteiger partial charge is 0.262 e. The number of rotatable bonds is 10. The molecule has 11 heteroatoms. The van der Waals surface area contributed by atoms with Crippen LogP contribution in [-0.2, 0) is 21.4 Å². The molecule has 0 aliphatic carbocycles. The lowest BCUT2D eigenvalue weighted by molar-refractivity contribution is -0.116. The van der Waals surface area contributed by atoms with E-state index in [4.69, 9.17) is 0 Å². The standard InChI is InChI=1S/C22H29N5O4S2/c1-5-25(6-2)19-10-9-16(33(30,31)27(7-3)8-4)13-18(19)24-20(28)14-26-15-23-21-17(22(26)29)11-12-32-21/h9-13,15H,5-8,14H2,1-4H3,(H,24,28). The van der Waals surface area contributed by atoms with Crippen LogP contribution in [0.1, 0.15) is 27.7 Å². The Morgan fingerprint density at radius 3 is 2.42 bits per heavy atom. The molecule has 2 heterocycles. The van der Waals surface area contributed by atoms with Crippen molar-refractivity contribution in [2.24, 2.45) is 0 Å². The lowest BCUT2D eigenvalue weighted by atomic mass is 10.2. The lowest BCUT2D eigenvalue weighted by Crippen LogP contribution is -2.31. The van der Waals surface area contributed by atoms with Crippen LogP contribution in [-0.4, -0.2) is 54.4 Å². The van der Waals surface area contributed by atoms with E-state index in [9.17, 15) is 18.0 Å². The second-order valence-corrected chi connectivity index (χ2v) is 10.1. The molecule has 1 aromatic carbocycles. The summed E-state index contributed by atoms with van der Waals surface area (Å²) in [6, 6.07) is 6.45. The fourth-order valence-electron chi connectivity index (χ4n) is 3.68. The minimum absolute atomic E-state index is 0.107. The summed E-state index contributed by atoms with van der Waals surface area (Å²) in [5, 5.41) is 5.06. The molecule has 2 aromatic heterocycles. The van der Waals surface area contributed by atoms with Gasteiger partial charge in [-0.15, -0.1) is 11.3 Å². The number of hydrogen-bond donors (Lipinski definition) is 1. The van der Waals surface area contributed by atoms with Crippen molar-refractivity contribution in [3.05, 3.63) is 46.3 Å². The van der Waals surface area contributed by atoms with Gasteiger partial charge in [-0.1, -0.05) is 13.8 Å². The molecule has 0 atom stereocenters. The van der Waals surface area contributed by atoms with Crippen LogP contribution >= 0.6 is 11.3 Å². The molecule has 9 nitrogen and oxygen atoms in total. The molecule has 33 heavy (non-hydrogen) atoms. The van der Waals surface area contributed by atoms with Crippen molar-refractivity contribution >= 4 is 48.9 Å². The molecule has 0 saturated heterocycles. The fourth-order valence-corrected chi connectivity index (χ4v) is 5.89. The van der Waals surface area contributed by atoms with E-state index in [0.29, 0.717) is 47.8 Å². The third-order valence-corrected chi connectivity index (χ3v) is 8.32. The first kappa shape index (κ1) is 24.9. The van der Waals surface area contributed by atoms with Gasteiger partial charge in [0.05, 0.1) is 28.0 Å². The Kier molecular flexibility index (Phi) is 7.88. The number of carbonyl (C=O) groups excluding carboxylic acids is 1. The first-order valence-corrected chi connectivity index (χ1v) is 13.2. The summed E-state index contributed by atoms with van der Waals surface area (Å²) in [7, 11) is -3.70. The van der Waals surface area contributed by atoms with Gasteiger partial charge in [-0.3, -0.25) is 14.2 Å². The normalized spacial score (nSPS) is 11.8. The first-order chi connectivity index (χ1) is 15.8. The monoisotopic (exact) mass is 491 g/mol. The van der Waals surface area contributed by atoms with Crippen LogP contribution in [0.3, 0.4) is 0 Å². The van der Waals surface area contributed by atoms with Gasteiger partial charge < -0.3 is 10.2 Å². The number of thiophene rings is 1. The van der Waals surface area contributed by atoms with Crippen LogP contribution < -0.4 is 15.8 Å². The summed E-state index contributed by atoms with van der Waals surface area (Å²) in [4.78, 5) is 32.5. The predicted octanol–water partition coefficient (Wildman–Crippen LogP) is 2.97. The van der Waals surface area contributed by atoms with Crippen LogP contribution in [0.5, 0.6) is 0 Å². The van der Waals surface area contributed by atoms with Gasteiger partial charge in [0.1, 0.15) is 11.4 Å². The second kappa shape index (κ2) is 10.4. The highest BCUT2D eigenvalue weighted by atomic mass is 32.2. The highest BCUT2D eigenvalue weighted by molar-refractivity contribution is 7.89. The van der Waals surface area contributed by atoms with Gasteiger partial charge >= 0.3 is 0 Å². The Morgan fingerprint density at radius 2 is 1.79 bits per heavy atom. The van der Waals surface area contributed by atoms with E-state index < -0.39 is 15.9 Å². The van der Waals surface area contributed by atoms with Crippen molar-refractivity contribution in [2.45, 2.75) is 39.1 Å². The van der Waals surface area contributed by atoms with Crippen molar-refractivity contribution in [3.8, 4) is 0 Å². The average molecular weight is 492 g/mol. The van der Waals surface area contributed by atoms with Crippen molar-refractivity contribution in [1.29, 1.82) is 0 Å². The molecule has 0 radical (unpaired) electrons. The molecular weight excluding hydrogens is 462 g/mol. The molecule has 0 saturated carbocycles. The fraction of sp³-hybridized carbons (Fsp3) is 0.409. The number of carbonyl (C=O) groups is 1. The quantitative estimate of drug-likeness (QED) is 0.468. The first-order valence-electron chi connectivity index (χ1n) is 10.9. The number of hydrogen-bond acceptors (Lipinski definition) is 7. The van der Waals surface area contributed by atoms with Gasteiger partial charge in [-0.25, -0.2) is 13.4 Å².